The molecule has 30 aromatic rings. The highest BCUT2D eigenvalue weighted by atomic mass is 15.0. The van der Waals surface area contributed by atoms with Crippen LogP contribution in [0.1, 0.15) is 0 Å². The minimum absolute atomic E-state index is 0.814. The third-order valence-electron chi connectivity index (χ3n) is 29.1. The molecule has 15 aromatic heterocycles. The molecule has 150 heavy (non-hydrogen) atoms. The zero-order valence-electron chi connectivity index (χ0n) is 80.9. The molecule has 15 nitrogen and oxygen atoms in total. The van der Waals surface area contributed by atoms with E-state index >= 15 is 0 Å². The van der Waals surface area contributed by atoms with Gasteiger partial charge in [-0.1, -0.05) is 212 Å². The summed E-state index contributed by atoms with van der Waals surface area (Å²) in [5.74, 6) is 0. The van der Waals surface area contributed by atoms with Gasteiger partial charge in [-0.25, -0.2) is 15.0 Å². The Morgan fingerprint density at radius 1 is 0.120 bits per heavy atom. The van der Waals surface area contributed by atoms with Gasteiger partial charge in [-0.15, -0.1) is 0 Å². The molecule has 0 saturated heterocycles. The van der Waals surface area contributed by atoms with Gasteiger partial charge in [0.15, 0.2) is 0 Å². The van der Waals surface area contributed by atoms with Crippen molar-refractivity contribution >= 4 is 131 Å². The summed E-state index contributed by atoms with van der Waals surface area (Å²) < 4.78 is 14.3. The van der Waals surface area contributed by atoms with Crippen molar-refractivity contribution in [3.05, 3.63) is 529 Å². The molecule has 0 atom stereocenters. The van der Waals surface area contributed by atoms with Crippen molar-refractivity contribution in [2.24, 2.45) is 0 Å². The molecule has 0 aliphatic heterocycles. The number of hydrogen-bond donors (Lipinski definition) is 0. The highest BCUT2D eigenvalue weighted by molar-refractivity contribution is 6.16. The molecule has 0 aliphatic carbocycles. The van der Waals surface area contributed by atoms with E-state index in [2.05, 4.69) is 439 Å². The van der Waals surface area contributed by atoms with Crippen LogP contribution in [-0.2, 0) is 0 Å². The van der Waals surface area contributed by atoms with Crippen LogP contribution in [0.2, 0.25) is 0 Å². The number of benzene rings is 15. The van der Waals surface area contributed by atoms with Gasteiger partial charge in [-0.05, 0) is 288 Å². The second kappa shape index (κ2) is 37.0. The molecule has 0 N–H and O–H groups in total. The predicted octanol–water partition coefficient (Wildman–Crippen LogP) is 33.2. The first-order valence-corrected chi connectivity index (χ1v) is 50.3. The second-order valence-electron chi connectivity index (χ2n) is 37.7. The summed E-state index contributed by atoms with van der Waals surface area (Å²) in [6.07, 6.45) is 18.1. The van der Waals surface area contributed by atoms with Crippen LogP contribution in [0.5, 0.6) is 0 Å². The van der Waals surface area contributed by atoms with E-state index in [1.807, 2.05) is 122 Å². The molecule has 30 rings (SSSR count). The van der Waals surface area contributed by atoms with E-state index in [0.717, 1.165) is 135 Å². The third kappa shape index (κ3) is 15.4. The third-order valence-corrected chi connectivity index (χ3v) is 29.1. The van der Waals surface area contributed by atoms with E-state index in [9.17, 15) is 0 Å². The summed E-state index contributed by atoms with van der Waals surface area (Å²) in [5.41, 5.74) is 38.5. The van der Waals surface area contributed by atoms with Crippen molar-refractivity contribution in [3.8, 4) is 135 Å². The number of para-hydroxylation sites is 9. The van der Waals surface area contributed by atoms with Crippen LogP contribution >= 0.6 is 0 Å². The van der Waals surface area contributed by atoms with Crippen LogP contribution in [-0.4, -0.2) is 72.3 Å². The summed E-state index contributed by atoms with van der Waals surface area (Å²) in [4.78, 5) is 41.3. The standard InChI is InChI=1S/3C45H29N5/c1-4-16-42-34(11-1)35-12-2-5-17-43(35)50(42)33-23-24-45-37(29-33)36-13-3-6-18-44(36)49(45)32-21-19-30(20-22-32)31-27-40(38-14-7-9-25-46-38)48-41(28-31)39-15-8-10-26-47-39;1-4-14-42-36(11-1)37-12-2-5-15-43(37)50(42)35-21-22-45-39(27-35)38-13-3-6-16-44(38)49(45)34-19-17-30(18-20-34)33-25-40(31-9-7-23-46-28-31)48-41(26-33)32-10-8-24-47-29-32;1-4-10-42-36(7-1)37-8-2-5-11-43(37)50(42)35-17-18-45-39(29-35)38-9-3-6-12-44(38)49(45)34-15-13-30(14-16-34)33-27-40(31-19-23-46-24-20-31)48-41(28-33)32-21-25-47-26-22-32/h3*1-29H. The van der Waals surface area contributed by atoms with Crippen molar-refractivity contribution in [2.75, 3.05) is 0 Å². The van der Waals surface area contributed by atoms with Crippen LogP contribution in [0.25, 0.3) is 266 Å². The minimum Gasteiger partial charge on any atom is -0.309 e. The van der Waals surface area contributed by atoms with Gasteiger partial charge >= 0.3 is 0 Å². The monoisotopic (exact) mass is 1920 g/mol. The summed E-state index contributed by atoms with van der Waals surface area (Å²) in [7, 11) is 0. The molecule has 15 heterocycles. The Balaban J connectivity index is 0.000000108. The van der Waals surface area contributed by atoms with Gasteiger partial charge in [0.05, 0.1) is 112 Å². The summed E-state index contributed by atoms with van der Waals surface area (Å²) in [5, 5.41) is 14.9. The first-order chi connectivity index (χ1) is 74.4. The van der Waals surface area contributed by atoms with Crippen LogP contribution < -0.4 is 0 Å². The van der Waals surface area contributed by atoms with Gasteiger partial charge in [0, 0.05) is 183 Å². The summed E-state index contributed by atoms with van der Waals surface area (Å²) in [6.45, 7) is 0. The Bertz CT molecular complexity index is 9160. The molecular weight excluding hydrogens is 1830 g/mol. The molecule has 0 amide bonds. The van der Waals surface area contributed by atoms with Crippen molar-refractivity contribution in [3.63, 3.8) is 0 Å². The average Bonchev–Trinajstić information content (AvgIpc) is 1.58. The van der Waals surface area contributed by atoms with Crippen LogP contribution in [0, 0.1) is 0 Å². The highest BCUT2D eigenvalue weighted by Crippen LogP contribution is 2.45. The number of aromatic nitrogens is 15. The molecule has 0 spiro atoms. The smallest absolute Gasteiger partial charge is 0.0900 e. The van der Waals surface area contributed by atoms with Crippen molar-refractivity contribution in [1.82, 2.24) is 72.3 Å². The molecule has 0 aliphatic rings. The summed E-state index contributed by atoms with van der Waals surface area (Å²) >= 11 is 0. The fourth-order valence-corrected chi connectivity index (χ4v) is 22.2. The van der Waals surface area contributed by atoms with Gasteiger partial charge in [-0.2, -0.15) is 0 Å². The van der Waals surface area contributed by atoms with Gasteiger partial charge < -0.3 is 27.4 Å². The molecule has 0 unspecified atom stereocenters. The van der Waals surface area contributed by atoms with Gasteiger partial charge in [0.25, 0.3) is 0 Å². The minimum atomic E-state index is 0.814. The topological polar surface area (TPSA) is 146 Å². The maximum absolute atomic E-state index is 5.02. The molecule has 702 valence electrons. The fourth-order valence-electron chi connectivity index (χ4n) is 22.2. The first-order valence-electron chi connectivity index (χ1n) is 50.3. The van der Waals surface area contributed by atoms with Gasteiger partial charge in [0.1, 0.15) is 0 Å². The van der Waals surface area contributed by atoms with Crippen LogP contribution in [0.15, 0.2) is 529 Å². The Hall–Kier alpha value is -20.5. The number of pyridine rings is 9. The normalized spacial score (nSPS) is 11.6. The van der Waals surface area contributed by atoms with Crippen molar-refractivity contribution in [1.29, 1.82) is 0 Å². The molecule has 15 aromatic carbocycles. The first kappa shape index (κ1) is 87.3. The van der Waals surface area contributed by atoms with E-state index in [1.165, 1.54) is 131 Å². The average molecular weight is 1920 g/mol. The van der Waals surface area contributed by atoms with E-state index in [4.69, 9.17) is 15.0 Å². The van der Waals surface area contributed by atoms with Gasteiger partial charge in [-0.3, -0.25) is 29.9 Å². The number of nitrogens with zero attached hydrogens (tertiary/aromatic N) is 15. The van der Waals surface area contributed by atoms with Crippen LogP contribution in [0.3, 0.4) is 0 Å². The summed E-state index contributed by atoms with van der Waals surface area (Å²) in [6, 6.07) is 166. The van der Waals surface area contributed by atoms with E-state index in [0.29, 0.717) is 0 Å². The quantitative estimate of drug-likeness (QED) is 0.0979. The number of fused-ring (bicyclic) bond motifs is 18. The zero-order valence-corrected chi connectivity index (χ0v) is 80.9. The molecular formula is C135H87N15. The maximum atomic E-state index is 5.02. The lowest BCUT2D eigenvalue weighted by Gasteiger charge is -2.12. The SMILES string of the molecule is c1ccc(-c2cc(-c3ccc(-n4c5ccccc5c5cc(-n6c7ccccc7c7ccccc76)ccc54)cc3)cc(-c3ccccn3)n2)nc1.c1ccc2c(c1)c1ccccc1n2-c1ccc2c(c1)c1ccccc1n2-c1ccc(-c2cc(-c3ccncc3)nc(-c3ccncc3)c2)cc1.c1cncc(-c2cc(-c3ccc(-n4c5ccccc5c5cc(-n6c7ccccc7c7ccccc76)ccc54)cc3)cc(-c3cccnc3)n2)c1. The lowest BCUT2D eigenvalue weighted by Crippen LogP contribution is -1.96. The molecule has 15 heteroatoms. The lowest BCUT2D eigenvalue weighted by atomic mass is 10.0. The predicted molar refractivity (Wildman–Crippen MR) is 614 cm³/mol. The number of hydrogen-bond acceptors (Lipinski definition) is 9. The van der Waals surface area contributed by atoms with E-state index in [1.54, 1.807) is 24.8 Å². The van der Waals surface area contributed by atoms with E-state index in [-0.39, 0.29) is 0 Å². The Kier molecular flexibility index (Phi) is 21.5. The van der Waals surface area contributed by atoms with Crippen LogP contribution in [0.4, 0.5) is 0 Å². The second-order valence-corrected chi connectivity index (χ2v) is 37.7. The largest absolute Gasteiger partial charge is 0.309 e. The van der Waals surface area contributed by atoms with Crippen molar-refractivity contribution in [2.45, 2.75) is 0 Å². The number of rotatable bonds is 15. The molecule has 0 fully saturated rings. The fraction of sp³-hybridized carbons (Fsp3) is 0. The molecule has 0 bridgehead atoms. The Morgan fingerprint density at radius 2 is 0.347 bits per heavy atom. The Labute approximate surface area is 861 Å². The van der Waals surface area contributed by atoms with Gasteiger partial charge in [0.2, 0.25) is 0 Å². The van der Waals surface area contributed by atoms with E-state index < -0.39 is 0 Å². The van der Waals surface area contributed by atoms with Crippen molar-refractivity contribution < 1.29 is 0 Å². The molecule has 0 saturated carbocycles. The maximum Gasteiger partial charge on any atom is 0.0900 e. The highest BCUT2D eigenvalue weighted by Gasteiger charge is 2.25. The lowest BCUT2D eigenvalue weighted by molar-refractivity contribution is 1.16. The zero-order chi connectivity index (χ0) is 99.1. The molecule has 0 radical (unpaired) electrons. The Morgan fingerprint density at radius 3 is 0.607 bits per heavy atom.